The van der Waals surface area contributed by atoms with E-state index >= 15 is 0 Å². The first-order chi connectivity index (χ1) is 14.3. The van der Waals surface area contributed by atoms with Gasteiger partial charge in [0.25, 0.3) is 0 Å². The number of benzene rings is 1. The summed E-state index contributed by atoms with van der Waals surface area (Å²) in [6.07, 6.45) is 3.71. The topological polar surface area (TPSA) is 116 Å². The Hall–Kier alpha value is -3.43. The summed E-state index contributed by atoms with van der Waals surface area (Å²) in [5.41, 5.74) is 6.80. The SMILES string of the molecule is CC(C)(C)[C@@H]1CC=C2C(C#N)=C(N)C(C#N)(C#N)[C@@H](c3ccc4c(c3)OCO4)[C@H]2C1. The maximum Gasteiger partial charge on any atom is 0.231 e. The second kappa shape index (κ2) is 6.82. The molecule has 0 spiro atoms. The van der Waals surface area contributed by atoms with Crippen LogP contribution in [0.1, 0.15) is 45.1 Å². The normalized spacial score (nSPS) is 26.7. The minimum atomic E-state index is -1.62. The Morgan fingerprint density at radius 1 is 1.10 bits per heavy atom. The molecule has 3 aliphatic rings. The minimum absolute atomic E-state index is 0.0503. The van der Waals surface area contributed by atoms with Crippen LogP contribution in [-0.4, -0.2) is 6.79 Å². The van der Waals surface area contributed by atoms with Gasteiger partial charge >= 0.3 is 0 Å². The molecule has 1 aromatic rings. The van der Waals surface area contributed by atoms with Gasteiger partial charge in [-0.1, -0.05) is 32.9 Å². The van der Waals surface area contributed by atoms with Crippen LogP contribution in [0.5, 0.6) is 11.5 Å². The van der Waals surface area contributed by atoms with E-state index in [2.05, 4.69) is 45.1 Å². The van der Waals surface area contributed by atoms with Crippen LogP contribution in [0, 0.1) is 56.7 Å². The molecule has 30 heavy (non-hydrogen) atoms. The first kappa shape index (κ1) is 19.9. The van der Waals surface area contributed by atoms with Crippen LogP contribution in [-0.2, 0) is 0 Å². The van der Waals surface area contributed by atoms with Crippen molar-refractivity contribution in [3.8, 4) is 29.7 Å². The Kier molecular flexibility index (Phi) is 4.52. The van der Waals surface area contributed by atoms with E-state index in [4.69, 9.17) is 15.2 Å². The summed E-state index contributed by atoms with van der Waals surface area (Å²) in [5, 5.41) is 30.2. The summed E-state index contributed by atoms with van der Waals surface area (Å²) in [4.78, 5) is 0. The molecule has 0 bridgehead atoms. The summed E-state index contributed by atoms with van der Waals surface area (Å²) in [7, 11) is 0. The van der Waals surface area contributed by atoms with Crippen molar-refractivity contribution in [1.29, 1.82) is 15.8 Å². The van der Waals surface area contributed by atoms with Crippen molar-refractivity contribution < 1.29 is 9.47 Å². The third kappa shape index (κ3) is 2.74. The number of hydrogen-bond acceptors (Lipinski definition) is 6. The number of ether oxygens (including phenoxy) is 2. The zero-order valence-corrected chi connectivity index (χ0v) is 17.4. The zero-order valence-electron chi connectivity index (χ0n) is 17.4. The lowest BCUT2D eigenvalue weighted by atomic mass is 9.54. The summed E-state index contributed by atoms with van der Waals surface area (Å²) in [6, 6.07) is 12.1. The summed E-state index contributed by atoms with van der Waals surface area (Å²) in [5.74, 6) is 0.930. The standard InChI is InChI=1S/C24H24N4O2/c1-23(2,3)15-5-6-16-17(9-15)21(14-4-7-19-20(8-14)30-13-29-19)24(11-26,12-27)22(28)18(16)10-25/h4,6-8,15,17,21H,5,9,13,28H2,1-3H3/t15-,17+,21+/m1/s1. The van der Waals surface area contributed by atoms with Gasteiger partial charge in [-0.25, -0.2) is 0 Å². The van der Waals surface area contributed by atoms with Crippen molar-refractivity contribution in [1.82, 2.24) is 0 Å². The molecule has 0 amide bonds. The molecule has 0 saturated heterocycles. The first-order valence-electron chi connectivity index (χ1n) is 10.1. The number of nitriles is 3. The molecule has 1 aliphatic heterocycles. The van der Waals surface area contributed by atoms with Crippen molar-refractivity contribution in [3.05, 3.63) is 46.7 Å². The van der Waals surface area contributed by atoms with Gasteiger partial charge in [0.1, 0.15) is 6.07 Å². The number of nitrogens with two attached hydrogens (primary N) is 1. The van der Waals surface area contributed by atoms with Crippen LogP contribution >= 0.6 is 0 Å². The summed E-state index contributed by atoms with van der Waals surface area (Å²) < 4.78 is 11.0. The largest absolute Gasteiger partial charge is 0.454 e. The van der Waals surface area contributed by atoms with E-state index in [1.165, 1.54) is 0 Å². The fraction of sp³-hybridized carbons (Fsp3) is 0.458. The number of rotatable bonds is 1. The number of nitrogens with zero attached hydrogens (tertiary/aromatic N) is 3. The molecular formula is C24H24N4O2. The molecule has 6 nitrogen and oxygen atoms in total. The minimum Gasteiger partial charge on any atom is -0.454 e. The third-order valence-electron chi connectivity index (χ3n) is 6.86. The molecule has 0 radical (unpaired) electrons. The van der Waals surface area contributed by atoms with E-state index in [1.54, 1.807) is 0 Å². The van der Waals surface area contributed by atoms with Gasteiger partial charge in [0, 0.05) is 5.92 Å². The zero-order chi connectivity index (χ0) is 21.7. The van der Waals surface area contributed by atoms with Crippen molar-refractivity contribution in [2.45, 2.75) is 39.5 Å². The molecule has 2 N–H and O–H groups in total. The quantitative estimate of drug-likeness (QED) is 0.752. The molecule has 1 aromatic carbocycles. The molecule has 6 heteroatoms. The predicted molar refractivity (Wildman–Crippen MR) is 110 cm³/mol. The van der Waals surface area contributed by atoms with Crippen LogP contribution in [0.3, 0.4) is 0 Å². The fourth-order valence-corrected chi connectivity index (χ4v) is 5.08. The van der Waals surface area contributed by atoms with Crippen molar-refractivity contribution >= 4 is 0 Å². The van der Waals surface area contributed by atoms with Crippen LogP contribution in [0.2, 0.25) is 0 Å². The second-order valence-electron chi connectivity index (χ2n) is 9.32. The van der Waals surface area contributed by atoms with Crippen molar-refractivity contribution in [2.24, 2.45) is 28.4 Å². The highest BCUT2D eigenvalue weighted by Crippen LogP contribution is 2.58. The van der Waals surface area contributed by atoms with Crippen LogP contribution in [0.4, 0.5) is 0 Å². The van der Waals surface area contributed by atoms with Crippen LogP contribution in [0.15, 0.2) is 41.1 Å². The molecule has 0 aromatic heterocycles. The molecular weight excluding hydrogens is 376 g/mol. The molecule has 0 saturated carbocycles. The highest BCUT2D eigenvalue weighted by Gasteiger charge is 2.55. The van der Waals surface area contributed by atoms with E-state index < -0.39 is 11.3 Å². The maximum atomic E-state index is 10.2. The molecule has 4 rings (SSSR count). The van der Waals surface area contributed by atoms with Gasteiger partial charge in [-0.05, 0) is 53.4 Å². The number of allylic oxidation sites excluding steroid dienone is 4. The monoisotopic (exact) mass is 400 g/mol. The fourth-order valence-electron chi connectivity index (χ4n) is 5.08. The van der Waals surface area contributed by atoms with Gasteiger partial charge in [-0.3, -0.25) is 0 Å². The van der Waals surface area contributed by atoms with Gasteiger partial charge in [0.15, 0.2) is 16.9 Å². The molecule has 1 heterocycles. The second-order valence-corrected chi connectivity index (χ2v) is 9.32. The van der Waals surface area contributed by atoms with Gasteiger partial charge in [-0.15, -0.1) is 0 Å². The van der Waals surface area contributed by atoms with E-state index in [-0.39, 0.29) is 29.4 Å². The van der Waals surface area contributed by atoms with Crippen molar-refractivity contribution in [3.63, 3.8) is 0 Å². The Morgan fingerprint density at radius 3 is 2.43 bits per heavy atom. The average molecular weight is 400 g/mol. The predicted octanol–water partition coefficient (Wildman–Crippen LogP) is 4.28. The van der Waals surface area contributed by atoms with Crippen LogP contribution in [0.25, 0.3) is 0 Å². The lowest BCUT2D eigenvalue weighted by molar-refractivity contribution is 0.169. The van der Waals surface area contributed by atoms with Gasteiger partial charge in [-0.2, -0.15) is 15.8 Å². The van der Waals surface area contributed by atoms with Gasteiger partial charge < -0.3 is 15.2 Å². The van der Waals surface area contributed by atoms with Gasteiger partial charge in [0.05, 0.1) is 23.4 Å². The van der Waals surface area contributed by atoms with E-state index in [1.807, 2.05) is 18.2 Å². The Balaban J connectivity index is 1.95. The Morgan fingerprint density at radius 2 is 1.80 bits per heavy atom. The first-order valence-corrected chi connectivity index (χ1v) is 10.1. The van der Waals surface area contributed by atoms with E-state index in [0.717, 1.165) is 24.0 Å². The van der Waals surface area contributed by atoms with Crippen LogP contribution < -0.4 is 15.2 Å². The third-order valence-corrected chi connectivity index (χ3v) is 6.86. The molecule has 3 atom stereocenters. The maximum absolute atomic E-state index is 10.2. The lowest BCUT2D eigenvalue weighted by Crippen LogP contribution is -2.44. The van der Waals surface area contributed by atoms with E-state index in [0.29, 0.717) is 17.4 Å². The number of fused-ring (bicyclic) bond motifs is 2. The van der Waals surface area contributed by atoms with Gasteiger partial charge in [0.2, 0.25) is 6.79 Å². The highest BCUT2D eigenvalue weighted by molar-refractivity contribution is 5.60. The Labute approximate surface area is 176 Å². The molecule has 0 fully saturated rings. The van der Waals surface area contributed by atoms with E-state index in [9.17, 15) is 15.8 Å². The lowest BCUT2D eigenvalue weighted by Gasteiger charge is -2.47. The molecule has 152 valence electrons. The number of hydrogen-bond donors (Lipinski definition) is 1. The summed E-state index contributed by atoms with van der Waals surface area (Å²) >= 11 is 0. The van der Waals surface area contributed by atoms with Crippen molar-refractivity contribution in [2.75, 3.05) is 6.79 Å². The molecule has 0 unspecified atom stereocenters. The smallest absolute Gasteiger partial charge is 0.231 e. The highest BCUT2D eigenvalue weighted by atomic mass is 16.7. The average Bonchev–Trinajstić information content (AvgIpc) is 3.20. The Bertz CT molecular complexity index is 1070. The summed E-state index contributed by atoms with van der Waals surface area (Å²) in [6.45, 7) is 6.75. The molecule has 2 aliphatic carbocycles.